The fourth-order valence-electron chi connectivity index (χ4n) is 3.69. The third kappa shape index (κ3) is 3.90. The van der Waals surface area contributed by atoms with Crippen LogP contribution in [0.4, 0.5) is 0 Å². The summed E-state index contributed by atoms with van der Waals surface area (Å²) in [4.78, 5) is 26.5. The van der Waals surface area contributed by atoms with Crippen molar-refractivity contribution < 1.29 is 4.79 Å². The first kappa shape index (κ1) is 18.6. The van der Waals surface area contributed by atoms with Gasteiger partial charge in [0, 0.05) is 56.2 Å². The summed E-state index contributed by atoms with van der Waals surface area (Å²) in [7, 11) is 0. The average molecular weight is 374 g/mol. The summed E-state index contributed by atoms with van der Waals surface area (Å²) in [5, 5.41) is 0.941. The Labute approximate surface area is 166 Å². The molecular weight excluding hydrogens is 348 g/mol. The topological polar surface area (TPSA) is 49.3 Å². The maximum atomic E-state index is 13.3. The van der Waals surface area contributed by atoms with Gasteiger partial charge in [-0.15, -0.1) is 0 Å². The highest BCUT2D eigenvalue weighted by atomic mass is 16.2. The summed E-state index contributed by atoms with van der Waals surface area (Å²) in [5.41, 5.74) is 3.90. The molecule has 0 N–H and O–H groups in total. The molecule has 0 saturated carbocycles. The molecule has 0 unspecified atom stereocenters. The van der Waals surface area contributed by atoms with Gasteiger partial charge in [0.2, 0.25) is 0 Å². The molecule has 1 aromatic carbocycles. The van der Waals surface area contributed by atoms with Gasteiger partial charge in [0.25, 0.3) is 5.91 Å². The third-order valence-electron chi connectivity index (χ3n) is 5.37. The number of hydrogen-bond acceptors (Lipinski definition) is 4. The van der Waals surface area contributed by atoms with Gasteiger partial charge < -0.3 is 4.90 Å². The van der Waals surface area contributed by atoms with E-state index in [4.69, 9.17) is 4.98 Å². The maximum absolute atomic E-state index is 13.3. The van der Waals surface area contributed by atoms with Crippen LogP contribution in [-0.4, -0.2) is 51.9 Å². The predicted octanol–water partition coefficient (Wildman–Crippen LogP) is 3.71. The van der Waals surface area contributed by atoms with Crippen molar-refractivity contribution in [2.75, 3.05) is 26.2 Å². The molecule has 4 rings (SSSR count). The minimum atomic E-state index is 0.115. The number of carbonyl (C=O) groups is 1. The first-order valence-electron chi connectivity index (χ1n) is 9.92. The molecule has 5 heteroatoms. The van der Waals surface area contributed by atoms with Crippen LogP contribution in [0.2, 0.25) is 0 Å². The van der Waals surface area contributed by atoms with Gasteiger partial charge in [-0.25, -0.2) is 0 Å². The number of rotatable bonds is 4. The predicted molar refractivity (Wildman–Crippen MR) is 111 cm³/mol. The molecule has 0 atom stereocenters. The van der Waals surface area contributed by atoms with Crippen LogP contribution < -0.4 is 0 Å². The van der Waals surface area contributed by atoms with E-state index >= 15 is 0 Å². The summed E-state index contributed by atoms with van der Waals surface area (Å²) in [6, 6.07) is 14.0. The Morgan fingerprint density at radius 2 is 1.75 bits per heavy atom. The number of nitrogens with zero attached hydrogens (tertiary/aromatic N) is 4. The molecule has 3 aromatic rings. The van der Waals surface area contributed by atoms with Crippen molar-refractivity contribution in [1.82, 2.24) is 19.8 Å². The Balaban J connectivity index is 1.51. The van der Waals surface area contributed by atoms with Crippen molar-refractivity contribution in [2.45, 2.75) is 26.3 Å². The minimum Gasteiger partial charge on any atom is -0.336 e. The molecule has 0 radical (unpaired) electrons. The monoisotopic (exact) mass is 374 g/mol. The molecule has 3 heterocycles. The van der Waals surface area contributed by atoms with Gasteiger partial charge in [0.1, 0.15) is 0 Å². The summed E-state index contributed by atoms with van der Waals surface area (Å²) < 4.78 is 0. The molecule has 5 nitrogen and oxygen atoms in total. The van der Waals surface area contributed by atoms with E-state index in [0.717, 1.165) is 54.9 Å². The maximum Gasteiger partial charge on any atom is 0.254 e. The number of hydrogen-bond donors (Lipinski definition) is 0. The Bertz CT molecular complexity index is 963. The summed E-state index contributed by atoms with van der Waals surface area (Å²) >= 11 is 0. The second kappa shape index (κ2) is 8.07. The van der Waals surface area contributed by atoms with E-state index in [1.54, 1.807) is 0 Å². The van der Waals surface area contributed by atoms with Gasteiger partial charge in [-0.05, 0) is 35.7 Å². The zero-order valence-corrected chi connectivity index (χ0v) is 16.5. The minimum absolute atomic E-state index is 0.115. The fraction of sp³-hybridized carbons (Fsp3) is 0.348. The highest BCUT2D eigenvalue weighted by Crippen LogP contribution is 2.24. The first-order chi connectivity index (χ1) is 13.6. The third-order valence-corrected chi connectivity index (χ3v) is 5.37. The van der Waals surface area contributed by atoms with Gasteiger partial charge in [-0.3, -0.25) is 19.7 Å². The van der Waals surface area contributed by atoms with Crippen LogP contribution in [0.25, 0.3) is 10.9 Å². The van der Waals surface area contributed by atoms with Gasteiger partial charge in [-0.2, -0.15) is 0 Å². The number of amides is 1. The lowest BCUT2D eigenvalue weighted by atomic mass is 10.0. The van der Waals surface area contributed by atoms with E-state index in [0.29, 0.717) is 0 Å². The lowest BCUT2D eigenvalue weighted by Crippen LogP contribution is -2.48. The number of fused-ring (bicyclic) bond motifs is 1. The molecule has 1 aliphatic rings. The van der Waals surface area contributed by atoms with Crippen LogP contribution >= 0.6 is 0 Å². The van der Waals surface area contributed by atoms with Gasteiger partial charge >= 0.3 is 0 Å². The molecule has 1 saturated heterocycles. The molecular formula is C23H26N4O. The van der Waals surface area contributed by atoms with Crippen molar-refractivity contribution in [1.29, 1.82) is 0 Å². The Hall–Kier alpha value is -2.79. The number of carbonyl (C=O) groups excluding carboxylic acids is 1. The normalized spacial score (nSPS) is 15.3. The quantitative estimate of drug-likeness (QED) is 0.698. The summed E-state index contributed by atoms with van der Waals surface area (Å²) in [6.45, 7) is 8.39. The van der Waals surface area contributed by atoms with E-state index in [2.05, 4.69) is 23.7 Å². The largest absolute Gasteiger partial charge is 0.336 e. The highest BCUT2D eigenvalue weighted by molar-refractivity contribution is 6.06. The van der Waals surface area contributed by atoms with Crippen LogP contribution in [0.15, 0.2) is 54.9 Å². The van der Waals surface area contributed by atoms with E-state index in [1.807, 2.05) is 59.8 Å². The van der Waals surface area contributed by atoms with Crippen molar-refractivity contribution in [3.63, 3.8) is 0 Å². The van der Waals surface area contributed by atoms with Crippen LogP contribution in [0, 0.1) is 0 Å². The first-order valence-corrected chi connectivity index (χ1v) is 9.92. The van der Waals surface area contributed by atoms with Crippen LogP contribution in [0.5, 0.6) is 0 Å². The van der Waals surface area contributed by atoms with E-state index in [-0.39, 0.29) is 11.8 Å². The summed E-state index contributed by atoms with van der Waals surface area (Å²) in [6.07, 6.45) is 3.66. The van der Waals surface area contributed by atoms with E-state index in [1.165, 1.54) is 5.56 Å². The molecule has 1 amide bonds. The SMILES string of the molecule is CC(C)c1cc(C(=O)N2CCN(Cc3ccncc3)CC2)c2ccccc2n1. The molecule has 0 bridgehead atoms. The zero-order valence-electron chi connectivity index (χ0n) is 16.5. The molecule has 28 heavy (non-hydrogen) atoms. The standard InChI is InChI=1S/C23H26N4O/c1-17(2)22-15-20(19-5-3-4-6-21(19)25-22)23(28)27-13-11-26(12-14-27)16-18-7-9-24-10-8-18/h3-10,15,17H,11-14,16H2,1-2H3. The highest BCUT2D eigenvalue weighted by Gasteiger charge is 2.24. The molecule has 0 aliphatic carbocycles. The number of pyridine rings is 2. The van der Waals surface area contributed by atoms with Crippen molar-refractivity contribution in [2.24, 2.45) is 0 Å². The molecule has 1 fully saturated rings. The van der Waals surface area contributed by atoms with Crippen LogP contribution in [0.3, 0.4) is 0 Å². The van der Waals surface area contributed by atoms with Crippen LogP contribution in [-0.2, 0) is 6.54 Å². The Morgan fingerprint density at radius 1 is 1.04 bits per heavy atom. The smallest absolute Gasteiger partial charge is 0.254 e. The van der Waals surface area contributed by atoms with Crippen molar-refractivity contribution >= 4 is 16.8 Å². The zero-order chi connectivity index (χ0) is 19.5. The van der Waals surface area contributed by atoms with Gasteiger partial charge in [0.05, 0.1) is 11.1 Å². The molecule has 1 aliphatic heterocycles. The van der Waals surface area contributed by atoms with Crippen molar-refractivity contribution in [3.8, 4) is 0 Å². The lowest BCUT2D eigenvalue weighted by molar-refractivity contribution is 0.0630. The lowest BCUT2D eigenvalue weighted by Gasteiger charge is -2.35. The summed E-state index contributed by atoms with van der Waals surface area (Å²) in [5.74, 6) is 0.400. The van der Waals surface area contributed by atoms with Crippen LogP contribution in [0.1, 0.15) is 41.4 Å². The van der Waals surface area contributed by atoms with E-state index < -0.39 is 0 Å². The fourth-order valence-corrected chi connectivity index (χ4v) is 3.69. The van der Waals surface area contributed by atoms with Crippen molar-refractivity contribution in [3.05, 3.63) is 71.7 Å². The number of piperazine rings is 1. The van der Waals surface area contributed by atoms with Gasteiger partial charge in [0.15, 0.2) is 0 Å². The number of para-hydroxylation sites is 1. The molecule has 2 aromatic heterocycles. The van der Waals surface area contributed by atoms with E-state index in [9.17, 15) is 4.79 Å². The second-order valence-electron chi connectivity index (χ2n) is 7.69. The Morgan fingerprint density at radius 3 is 2.46 bits per heavy atom. The second-order valence-corrected chi connectivity index (χ2v) is 7.69. The number of aromatic nitrogens is 2. The van der Waals surface area contributed by atoms with Gasteiger partial charge in [-0.1, -0.05) is 32.0 Å². The average Bonchev–Trinajstić information content (AvgIpc) is 2.73. The molecule has 0 spiro atoms. The molecule has 144 valence electrons. The Kier molecular flexibility index (Phi) is 5.35. The number of benzene rings is 1.